The number of sulfonamides is 1. The van der Waals surface area contributed by atoms with E-state index in [1.807, 2.05) is 0 Å². The summed E-state index contributed by atoms with van der Waals surface area (Å²) in [6, 6.07) is 1.46. The lowest BCUT2D eigenvalue weighted by Crippen LogP contribution is -2.35. The summed E-state index contributed by atoms with van der Waals surface area (Å²) in [6.45, 7) is -0.159. The van der Waals surface area contributed by atoms with Crippen LogP contribution in [0.3, 0.4) is 0 Å². The molecule has 0 aliphatic heterocycles. The van der Waals surface area contributed by atoms with E-state index < -0.39 is 28.0 Å². The monoisotopic (exact) mass is 338 g/mol. The zero-order valence-corrected chi connectivity index (χ0v) is 12.5. The Morgan fingerprint density at radius 3 is 2.45 bits per heavy atom. The van der Waals surface area contributed by atoms with E-state index in [9.17, 15) is 26.7 Å². The Labute approximate surface area is 126 Å². The fraction of sp³-hybridized carbons (Fsp3) is 0.615. The number of hydrogen-bond donors (Lipinski definition) is 2. The molecule has 9 heteroatoms. The van der Waals surface area contributed by atoms with Gasteiger partial charge in [0.25, 0.3) is 0 Å². The quantitative estimate of drug-likeness (QED) is 0.860. The van der Waals surface area contributed by atoms with E-state index in [0.29, 0.717) is 12.3 Å². The van der Waals surface area contributed by atoms with Crippen molar-refractivity contribution in [2.45, 2.75) is 42.9 Å². The molecule has 1 heterocycles. The average Bonchev–Trinajstić information content (AvgIpc) is 2.98. The van der Waals surface area contributed by atoms with Crippen LogP contribution in [0.15, 0.2) is 23.2 Å². The maximum atomic E-state index is 12.4. The first kappa shape index (κ1) is 17.2. The van der Waals surface area contributed by atoms with E-state index in [4.69, 9.17) is 0 Å². The van der Waals surface area contributed by atoms with Gasteiger partial charge in [-0.15, -0.1) is 0 Å². The van der Waals surface area contributed by atoms with Gasteiger partial charge in [-0.2, -0.15) is 13.2 Å². The van der Waals surface area contributed by atoms with Crippen LogP contribution in [0.2, 0.25) is 0 Å². The highest BCUT2D eigenvalue weighted by molar-refractivity contribution is 7.89. The molecular weight excluding hydrogens is 321 g/mol. The minimum absolute atomic E-state index is 0.0634. The van der Waals surface area contributed by atoms with Gasteiger partial charge in [-0.3, -0.25) is 4.98 Å². The predicted molar refractivity (Wildman–Crippen MR) is 72.4 cm³/mol. The average molecular weight is 338 g/mol. The highest BCUT2D eigenvalue weighted by Gasteiger charge is 2.32. The first-order chi connectivity index (χ1) is 10.2. The highest BCUT2D eigenvalue weighted by Crippen LogP contribution is 2.28. The van der Waals surface area contributed by atoms with Crippen LogP contribution >= 0.6 is 0 Å². The van der Waals surface area contributed by atoms with E-state index in [-0.39, 0.29) is 17.4 Å². The van der Waals surface area contributed by atoms with Crippen molar-refractivity contribution in [1.82, 2.24) is 9.71 Å². The number of aliphatic hydroxyl groups is 1. The highest BCUT2D eigenvalue weighted by atomic mass is 32.2. The Kier molecular flexibility index (Phi) is 5.08. The van der Waals surface area contributed by atoms with Gasteiger partial charge >= 0.3 is 6.18 Å². The number of rotatable bonds is 5. The Balaban J connectivity index is 2.00. The molecular formula is C13H17F3N2O3S. The lowest BCUT2D eigenvalue weighted by Gasteiger charge is -2.18. The van der Waals surface area contributed by atoms with Gasteiger partial charge in [-0.1, -0.05) is 12.8 Å². The SMILES string of the molecule is O=S(=O)(NC[C@@H](O)C1CCCC1)c1ccc(C(F)(F)F)nc1. The van der Waals surface area contributed by atoms with Crippen molar-refractivity contribution in [3.05, 3.63) is 24.0 Å². The molecule has 0 bridgehead atoms. The molecule has 22 heavy (non-hydrogen) atoms. The standard InChI is InChI=1S/C13H17F3N2O3S/c14-13(15,16)12-6-5-10(7-17-12)22(20,21)18-8-11(19)9-3-1-2-4-9/h5-7,9,11,18-19H,1-4,8H2/t11-/m1/s1. The second-order valence-corrected chi connectivity index (χ2v) is 7.11. The molecule has 1 aliphatic carbocycles. The van der Waals surface area contributed by atoms with Crippen LogP contribution in [-0.2, 0) is 16.2 Å². The Morgan fingerprint density at radius 2 is 1.95 bits per heavy atom. The first-order valence-electron chi connectivity index (χ1n) is 6.91. The number of pyridine rings is 1. The maximum Gasteiger partial charge on any atom is 0.433 e. The van der Waals surface area contributed by atoms with Crippen molar-refractivity contribution in [3.63, 3.8) is 0 Å². The Morgan fingerprint density at radius 1 is 1.32 bits per heavy atom. The van der Waals surface area contributed by atoms with Gasteiger partial charge in [0, 0.05) is 12.7 Å². The summed E-state index contributed by atoms with van der Waals surface area (Å²) < 4.78 is 63.3. The molecule has 5 nitrogen and oxygen atoms in total. The molecule has 1 aromatic heterocycles. The van der Waals surface area contributed by atoms with Crippen LogP contribution in [0.5, 0.6) is 0 Å². The lowest BCUT2D eigenvalue weighted by molar-refractivity contribution is -0.141. The summed E-state index contributed by atoms with van der Waals surface area (Å²) in [4.78, 5) is 2.75. The summed E-state index contributed by atoms with van der Waals surface area (Å²) >= 11 is 0. The van der Waals surface area contributed by atoms with Crippen molar-refractivity contribution in [1.29, 1.82) is 0 Å². The molecule has 0 unspecified atom stereocenters. The second-order valence-electron chi connectivity index (χ2n) is 5.34. The fourth-order valence-electron chi connectivity index (χ4n) is 2.49. The summed E-state index contributed by atoms with van der Waals surface area (Å²) in [6.07, 6.45) is -1.02. The molecule has 1 aromatic rings. The molecule has 0 radical (unpaired) electrons. The number of aliphatic hydroxyl groups excluding tert-OH is 1. The van der Waals surface area contributed by atoms with Crippen molar-refractivity contribution in [3.8, 4) is 0 Å². The van der Waals surface area contributed by atoms with E-state index in [0.717, 1.165) is 31.7 Å². The normalized spacial score (nSPS) is 18.5. The summed E-state index contributed by atoms with van der Waals surface area (Å²) in [5.74, 6) is 0.0634. The molecule has 1 saturated carbocycles. The first-order valence-corrected chi connectivity index (χ1v) is 8.39. The van der Waals surface area contributed by atoms with E-state index >= 15 is 0 Å². The van der Waals surface area contributed by atoms with E-state index in [2.05, 4.69) is 9.71 Å². The topological polar surface area (TPSA) is 79.3 Å². The number of aromatic nitrogens is 1. The summed E-state index contributed by atoms with van der Waals surface area (Å²) in [7, 11) is -3.99. The molecule has 0 aromatic carbocycles. The fourth-order valence-corrected chi connectivity index (χ4v) is 3.49. The summed E-state index contributed by atoms with van der Waals surface area (Å²) in [5.41, 5.74) is -1.16. The second kappa shape index (κ2) is 6.51. The van der Waals surface area contributed by atoms with Crippen LogP contribution < -0.4 is 4.72 Å². The van der Waals surface area contributed by atoms with Crippen molar-refractivity contribution < 1.29 is 26.7 Å². The van der Waals surface area contributed by atoms with Crippen LogP contribution in [0.1, 0.15) is 31.4 Å². The largest absolute Gasteiger partial charge is 0.433 e. The molecule has 2 N–H and O–H groups in total. The molecule has 0 saturated heterocycles. The van der Waals surface area contributed by atoms with Crippen LogP contribution in [0.25, 0.3) is 0 Å². The van der Waals surface area contributed by atoms with Gasteiger partial charge in [0.15, 0.2) is 0 Å². The van der Waals surface area contributed by atoms with Gasteiger partial charge in [-0.05, 0) is 30.9 Å². The summed E-state index contributed by atoms with van der Waals surface area (Å²) in [5, 5.41) is 9.92. The van der Waals surface area contributed by atoms with Crippen LogP contribution in [0, 0.1) is 5.92 Å². The van der Waals surface area contributed by atoms with Gasteiger partial charge in [0.2, 0.25) is 10.0 Å². The third kappa shape index (κ3) is 4.17. The Bertz CT molecular complexity index is 596. The molecule has 0 spiro atoms. The van der Waals surface area contributed by atoms with Crippen molar-refractivity contribution in [2.75, 3.05) is 6.54 Å². The Hall–Kier alpha value is -1.19. The molecule has 1 aliphatic rings. The van der Waals surface area contributed by atoms with Crippen LogP contribution in [0.4, 0.5) is 13.2 Å². The third-order valence-electron chi connectivity index (χ3n) is 3.76. The predicted octanol–water partition coefficient (Wildman–Crippen LogP) is 1.93. The zero-order valence-electron chi connectivity index (χ0n) is 11.7. The molecule has 2 rings (SSSR count). The number of halogens is 3. The number of alkyl halides is 3. The van der Waals surface area contributed by atoms with E-state index in [1.54, 1.807) is 0 Å². The maximum absolute atomic E-state index is 12.4. The molecule has 124 valence electrons. The number of hydrogen-bond acceptors (Lipinski definition) is 4. The molecule has 1 atom stereocenters. The van der Waals surface area contributed by atoms with Crippen molar-refractivity contribution >= 4 is 10.0 Å². The minimum Gasteiger partial charge on any atom is -0.391 e. The number of nitrogens with zero attached hydrogens (tertiary/aromatic N) is 1. The van der Waals surface area contributed by atoms with Gasteiger partial charge in [-0.25, -0.2) is 13.1 Å². The lowest BCUT2D eigenvalue weighted by atomic mass is 10.0. The number of nitrogens with one attached hydrogen (secondary N) is 1. The van der Waals surface area contributed by atoms with Gasteiger partial charge in [0.1, 0.15) is 10.6 Å². The molecule has 0 amide bonds. The van der Waals surface area contributed by atoms with E-state index in [1.165, 1.54) is 0 Å². The minimum atomic E-state index is -4.62. The van der Waals surface area contributed by atoms with Gasteiger partial charge in [0.05, 0.1) is 6.10 Å². The van der Waals surface area contributed by atoms with Crippen LogP contribution in [-0.4, -0.2) is 31.2 Å². The van der Waals surface area contributed by atoms with Crippen molar-refractivity contribution in [2.24, 2.45) is 5.92 Å². The van der Waals surface area contributed by atoms with Gasteiger partial charge < -0.3 is 5.11 Å². The zero-order chi connectivity index (χ0) is 16.4. The molecule has 1 fully saturated rings. The smallest absolute Gasteiger partial charge is 0.391 e. The third-order valence-corrected chi connectivity index (χ3v) is 5.17.